The van der Waals surface area contributed by atoms with Crippen molar-refractivity contribution in [2.45, 2.75) is 0 Å². The molecule has 6 heteroatoms. The summed E-state index contributed by atoms with van der Waals surface area (Å²) in [7, 11) is 0. The van der Waals surface area contributed by atoms with Crippen LogP contribution in [0.1, 0.15) is 0 Å². The van der Waals surface area contributed by atoms with E-state index in [9.17, 15) is 14.7 Å². The third-order valence-electron chi connectivity index (χ3n) is 1.59. The summed E-state index contributed by atoms with van der Waals surface area (Å²) in [6.45, 7) is 0. The second-order valence-electron chi connectivity index (χ2n) is 2.82. The van der Waals surface area contributed by atoms with E-state index in [1.54, 1.807) is 0 Å². The van der Waals surface area contributed by atoms with Crippen LogP contribution >= 0.6 is 11.6 Å². The van der Waals surface area contributed by atoms with Gasteiger partial charge in [-0.1, -0.05) is 11.6 Å². The van der Waals surface area contributed by atoms with Gasteiger partial charge in [0.05, 0.1) is 5.69 Å². The first kappa shape index (κ1) is 12.1. The molecule has 0 saturated carbocycles. The van der Waals surface area contributed by atoms with Gasteiger partial charge >= 0.3 is 5.97 Å². The van der Waals surface area contributed by atoms with Crippen molar-refractivity contribution in [2.24, 2.45) is 0 Å². The van der Waals surface area contributed by atoms with E-state index < -0.39 is 11.9 Å². The predicted molar refractivity (Wildman–Crippen MR) is 58.5 cm³/mol. The highest BCUT2D eigenvalue weighted by Crippen LogP contribution is 2.26. The number of aromatic hydroxyl groups is 1. The fraction of sp³-hybridized carbons (Fsp3) is 0. The summed E-state index contributed by atoms with van der Waals surface area (Å²) in [6.07, 6.45) is 1.54. The van der Waals surface area contributed by atoms with Crippen LogP contribution in [0.5, 0.6) is 5.75 Å². The number of phenolic OH excluding ortho intramolecular Hbond substituents is 1. The summed E-state index contributed by atoms with van der Waals surface area (Å²) in [5.41, 5.74) is 0.157. The highest BCUT2D eigenvalue weighted by molar-refractivity contribution is 6.30. The summed E-state index contributed by atoms with van der Waals surface area (Å²) >= 11 is 5.59. The van der Waals surface area contributed by atoms with E-state index in [1.807, 2.05) is 0 Å². The van der Waals surface area contributed by atoms with Crippen molar-refractivity contribution in [1.82, 2.24) is 0 Å². The molecule has 0 unspecified atom stereocenters. The number of anilines is 1. The minimum absolute atomic E-state index is 0.157. The Kier molecular flexibility index (Phi) is 3.90. The van der Waals surface area contributed by atoms with Crippen molar-refractivity contribution in [2.75, 3.05) is 5.32 Å². The zero-order valence-electron chi connectivity index (χ0n) is 7.98. The monoisotopic (exact) mass is 241 g/mol. The molecule has 0 atom stereocenters. The van der Waals surface area contributed by atoms with Crippen LogP contribution in [0, 0.1) is 0 Å². The largest absolute Gasteiger partial charge is 0.506 e. The Morgan fingerprint density at radius 2 is 2.00 bits per heavy atom. The first-order valence-electron chi connectivity index (χ1n) is 4.19. The molecule has 0 heterocycles. The third kappa shape index (κ3) is 3.62. The number of carboxylic acid groups (broad SMARTS) is 1. The van der Waals surface area contributed by atoms with Gasteiger partial charge in [-0.2, -0.15) is 0 Å². The number of halogens is 1. The van der Waals surface area contributed by atoms with Gasteiger partial charge in [0.1, 0.15) is 5.75 Å². The molecule has 0 aliphatic rings. The van der Waals surface area contributed by atoms with Crippen molar-refractivity contribution < 1.29 is 19.8 Å². The summed E-state index contributed by atoms with van der Waals surface area (Å²) in [5.74, 6) is -2.07. The molecule has 0 fully saturated rings. The van der Waals surface area contributed by atoms with Crippen LogP contribution in [0.25, 0.3) is 0 Å². The Balaban J connectivity index is 2.73. The second-order valence-corrected chi connectivity index (χ2v) is 3.26. The average Bonchev–Trinajstić information content (AvgIpc) is 2.19. The maximum atomic E-state index is 11.1. The number of amides is 1. The first-order valence-corrected chi connectivity index (χ1v) is 4.57. The fourth-order valence-electron chi connectivity index (χ4n) is 0.932. The van der Waals surface area contributed by atoms with Gasteiger partial charge in [-0.25, -0.2) is 4.79 Å². The van der Waals surface area contributed by atoms with Crippen LogP contribution in [-0.4, -0.2) is 22.1 Å². The molecule has 1 rings (SSSR count). The Morgan fingerprint density at radius 1 is 1.31 bits per heavy atom. The summed E-state index contributed by atoms with van der Waals surface area (Å²) in [4.78, 5) is 21.3. The lowest BCUT2D eigenvalue weighted by Gasteiger charge is -2.04. The van der Waals surface area contributed by atoms with Crippen molar-refractivity contribution in [3.05, 3.63) is 35.4 Å². The molecule has 1 amide bonds. The number of rotatable bonds is 3. The quantitative estimate of drug-likeness (QED) is 0.554. The Bertz CT molecular complexity index is 456. The molecule has 0 aromatic heterocycles. The van der Waals surface area contributed by atoms with Gasteiger partial charge in [0.15, 0.2) is 0 Å². The number of hydrogen-bond donors (Lipinski definition) is 3. The van der Waals surface area contributed by atoms with E-state index in [4.69, 9.17) is 16.7 Å². The average molecular weight is 242 g/mol. The number of phenols is 1. The van der Waals surface area contributed by atoms with Gasteiger partial charge in [-0.3, -0.25) is 4.79 Å². The van der Waals surface area contributed by atoms with Crippen molar-refractivity contribution in [3.63, 3.8) is 0 Å². The summed E-state index contributed by atoms with van der Waals surface area (Å²) in [6, 6.07) is 4.15. The standard InChI is InChI=1S/C10H8ClNO4/c11-6-1-2-7(8(13)5-6)12-9(14)3-4-10(15)16/h1-5,13H,(H,12,14)(H,15,16)/b4-3-. The molecule has 1 aromatic carbocycles. The molecule has 16 heavy (non-hydrogen) atoms. The van der Waals surface area contributed by atoms with E-state index in [2.05, 4.69) is 5.32 Å². The Morgan fingerprint density at radius 3 is 2.56 bits per heavy atom. The van der Waals surface area contributed by atoms with Crippen LogP contribution in [0.15, 0.2) is 30.4 Å². The van der Waals surface area contributed by atoms with E-state index in [0.29, 0.717) is 11.1 Å². The third-order valence-corrected chi connectivity index (χ3v) is 1.83. The van der Waals surface area contributed by atoms with Crippen LogP contribution in [0.4, 0.5) is 5.69 Å². The SMILES string of the molecule is O=C(O)/C=C\C(=O)Nc1ccc(Cl)cc1O. The number of carboxylic acids is 1. The van der Waals surface area contributed by atoms with E-state index in [-0.39, 0.29) is 11.4 Å². The van der Waals surface area contributed by atoms with Gasteiger partial charge in [0, 0.05) is 23.2 Å². The summed E-state index contributed by atoms with van der Waals surface area (Å²) < 4.78 is 0. The van der Waals surface area contributed by atoms with Crippen LogP contribution in [0.3, 0.4) is 0 Å². The number of hydrogen-bond acceptors (Lipinski definition) is 3. The fourth-order valence-corrected chi connectivity index (χ4v) is 1.10. The smallest absolute Gasteiger partial charge is 0.328 e. The lowest BCUT2D eigenvalue weighted by Crippen LogP contribution is -2.08. The lowest BCUT2D eigenvalue weighted by atomic mass is 10.3. The molecular weight excluding hydrogens is 234 g/mol. The van der Waals surface area contributed by atoms with E-state index in [1.165, 1.54) is 18.2 Å². The highest BCUT2D eigenvalue weighted by Gasteiger charge is 2.04. The van der Waals surface area contributed by atoms with E-state index >= 15 is 0 Å². The molecule has 84 valence electrons. The molecule has 0 radical (unpaired) electrons. The van der Waals surface area contributed by atoms with Crippen molar-refractivity contribution >= 4 is 29.2 Å². The minimum atomic E-state index is -1.23. The number of carbonyl (C=O) groups excluding carboxylic acids is 1. The van der Waals surface area contributed by atoms with Gasteiger partial charge in [0.2, 0.25) is 5.91 Å². The normalized spacial score (nSPS) is 10.3. The maximum Gasteiger partial charge on any atom is 0.328 e. The van der Waals surface area contributed by atoms with Gasteiger partial charge < -0.3 is 15.5 Å². The predicted octanol–water partition coefficient (Wildman–Crippen LogP) is 1.62. The van der Waals surface area contributed by atoms with Gasteiger partial charge in [0.25, 0.3) is 0 Å². The topological polar surface area (TPSA) is 86.6 Å². The molecule has 1 aromatic rings. The minimum Gasteiger partial charge on any atom is -0.506 e. The highest BCUT2D eigenvalue weighted by atomic mass is 35.5. The van der Waals surface area contributed by atoms with Gasteiger partial charge in [-0.05, 0) is 12.1 Å². The van der Waals surface area contributed by atoms with Crippen molar-refractivity contribution in [3.8, 4) is 5.75 Å². The summed E-state index contributed by atoms with van der Waals surface area (Å²) in [5, 5.41) is 20.3. The molecule has 3 N–H and O–H groups in total. The Labute approximate surface area is 96.0 Å². The molecule has 0 bridgehead atoms. The van der Waals surface area contributed by atoms with Crippen molar-refractivity contribution in [1.29, 1.82) is 0 Å². The zero-order chi connectivity index (χ0) is 12.1. The molecule has 0 spiro atoms. The number of carbonyl (C=O) groups is 2. The number of nitrogens with one attached hydrogen (secondary N) is 1. The molecule has 0 saturated heterocycles. The molecule has 0 aliphatic heterocycles. The van der Waals surface area contributed by atoms with E-state index in [0.717, 1.165) is 6.08 Å². The molecular formula is C10H8ClNO4. The lowest BCUT2D eigenvalue weighted by molar-refractivity contribution is -0.131. The molecule has 5 nitrogen and oxygen atoms in total. The maximum absolute atomic E-state index is 11.1. The van der Waals surface area contributed by atoms with Crippen LogP contribution in [-0.2, 0) is 9.59 Å². The Hall–Kier alpha value is -2.01. The first-order chi connectivity index (χ1) is 7.49. The number of aliphatic carboxylic acids is 1. The number of benzene rings is 1. The molecule has 0 aliphatic carbocycles. The van der Waals surface area contributed by atoms with Gasteiger partial charge in [-0.15, -0.1) is 0 Å². The zero-order valence-corrected chi connectivity index (χ0v) is 8.73. The van der Waals surface area contributed by atoms with Crippen LogP contribution in [0.2, 0.25) is 5.02 Å². The van der Waals surface area contributed by atoms with Crippen LogP contribution < -0.4 is 5.32 Å². The second kappa shape index (κ2) is 5.18.